The molecule has 0 spiro atoms. The normalized spacial score (nSPS) is 14.5. The number of morpholine rings is 1. The van der Waals surface area contributed by atoms with E-state index < -0.39 is 16.1 Å². The molecule has 224 valence electrons. The standard InChI is InChI=1S/C31H37N3O7S/c1-3-32-31(36)29(21-24-7-5-4-6-8-24)34(22-25-9-11-26(39-2)12-10-25)30(35)23-41-27-13-15-28(16-14-27)42(37,38)33-17-19-40-20-18-33/h4-16,29H,3,17-23H2,1-2H3,(H,32,36)/t29-/m0/s1. The van der Waals surface area contributed by atoms with Crippen LogP contribution >= 0.6 is 0 Å². The summed E-state index contributed by atoms with van der Waals surface area (Å²) in [6.45, 7) is 3.41. The number of carbonyl (C=O) groups excluding carboxylic acids is 2. The fourth-order valence-corrected chi connectivity index (χ4v) is 6.05. The summed E-state index contributed by atoms with van der Waals surface area (Å²) in [4.78, 5) is 28.7. The SMILES string of the molecule is CCNC(=O)[C@H](Cc1ccccc1)N(Cc1ccc(OC)cc1)C(=O)COc1ccc(S(=O)(=O)N2CCOCC2)cc1. The summed E-state index contributed by atoms with van der Waals surface area (Å²) in [5, 5.41) is 2.86. The Morgan fingerprint density at radius 2 is 1.57 bits per heavy atom. The molecule has 1 N–H and O–H groups in total. The van der Waals surface area contributed by atoms with Gasteiger partial charge in [-0.1, -0.05) is 42.5 Å². The second-order valence-corrected chi connectivity index (χ2v) is 11.7. The molecule has 1 atom stereocenters. The van der Waals surface area contributed by atoms with Crippen LogP contribution in [-0.4, -0.2) is 82.0 Å². The molecule has 2 amide bonds. The summed E-state index contributed by atoms with van der Waals surface area (Å²) >= 11 is 0. The number of rotatable bonds is 13. The molecule has 1 fully saturated rings. The van der Waals surface area contributed by atoms with Crippen molar-refractivity contribution in [3.8, 4) is 11.5 Å². The van der Waals surface area contributed by atoms with Crippen LogP contribution in [0.1, 0.15) is 18.1 Å². The number of nitrogens with one attached hydrogen (secondary N) is 1. The number of sulfonamides is 1. The number of hydrogen-bond donors (Lipinski definition) is 1. The number of nitrogens with zero attached hydrogens (tertiary/aromatic N) is 2. The highest BCUT2D eigenvalue weighted by atomic mass is 32.2. The maximum Gasteiger partial charge on any atom is 0.261 e. The van der Waals surface area contributed by atoms with E-state index >= 15 is 0 Å². The van der Waals surface area contributed by atoms with Crippen LogP contribution in [0.4, 0.5) is 0 Å². The van der Waals surface area contributed by atoms with E-state index in [9.17, 15) is 18.0 Å². The van der Waals surface area contributed by atoms with E-state index in [1.807, 2.05) is 49.4 Å². The van der Waals surface area contributed by atoms with Gasteiger partial charge in [0.2, 0.25) is 15.9 Å². The second kappa shape index (κ2) is 14.8. The fourth-order valence-electron chi connectivity index (χ4n) is 4.65. The smallest absolute Gasteiger partial charge is 0.261 e. The predicted octanol–water partition coefficient (Wildman–Crippen LogP) is 2.87. The minimum atomic E-state index is -3.65. The Morgan fingerprint density at radius 1 is 0.929 bits per heavy atom. The molecule has 0 aromatic heterocycles. The van der Waals surface area contributed by atoms with Crippen LogP contribution in [0, 0.1) is 0 Å². The van der Waals surface area contributed by atoms with Crippen molar-refractivity contribution in [3.05, 3.63) is 90.0 Å². The van der Waals surface area contributed by atoms with Crippen LogP contribution < -0.4 is 14.8 Å². The number of likely N-dealkylation sites (N-methyl/N-ethyl adjacent to an activating group) is 1. The minimum absolute atomic E-state index is 0.142. The van der Waals surface area contributed by atoms with Crippen LogP contribution in [0.3, 0.4) is 0 Å². The Hall–Kier alpha value is -3.93. The number of amides is 2. The summed E-state index contributed by atoms with van der Waals surface area (Å²) in [6, 6.07) is 22.0. The zero-order valence-electron chi connectivity index (χ0n) is 23.9. The highest BCUT2D eigenvalue weighted by Gasteiger charge is 2.31. The van der Waals surface area contributed by atoms with Crippen molar-refractivity contribution in [3.63, 3.8) is 0 Å². The van der Waals surface area contributed by atoms with E-state index in [1.165, 1.54) is 33.5 Å². The number of carbonyl (C=O) groups is 2. The van der Waals surface area contributed by atoms with Gasteiger partial charge in [-0.15, -0.1) is 0 Å². The minimum Gasteiger partial charge on any atom is -0.497 e. The zero-order chi connectivity index (χ0) is 30.0. The largest absolute Gasteiger partial charge is 0.497 e. The van der Waals surface area contributed by atoms with Gasteiger partial charge in [-0.3, -0.25) is 9.59 Å². The summed E-state index contributed by atoms with van der Waals surface area (Å²) in [7, 11) is -2.07. The molecule has 0 aliphatic carbocycles. The van der Waals surface area contributed by atoms with Gasteiger partial charge >= 0.3 is 0 Å². The summed E-state index contributed by atoms with van der Waals surface area (Å²) in [5.74, 6) is 0.374. The lowest BCUT2D eigenvalue weighted by atomic mass is 10.0. The van der Waals surface area contributed by atoms with Gasteiger partial charge in [0.25, 0.3) is 5.91 Å². The van der Waals surface area contributed by atoms with Crippen molar-refractivity contribution < 1.29 is 32.2 Å². The maximum atomic E-state index is 13.7. The first-order valence-electron chi connectivity index (χ1n) is 13.9. The van der Waals surface area contributed by atoms with Gasteiger partial charge in [0, 0.05) is 32.6 Å². The summed E-state index contributed by atoms with van der Waals surface area (Å²) in [5.41, 5.74) is 1.74. The molecule has 0 unspecified atom stereocenters. The van der Waals surface area contributed by atoms with Gasteiger partial charge in [0.1, 0.15) is 17.5 Å². The predicted molar refractivity (Wildman–Crippen MR) is 158 cm³/mol. The third-order valence-electron chi connectivity index (χ3n) is 6.93. The lowest BCUT2D eigenvalue weighted by Crippen LogP contribution is -2.51. The van der Waals surface area contributed by atoms with E-state index in [0.717, 1.165) is 11.1 Å². The lowest BCUT2D eigenvalue weighted by molar-refractivity contribution is -0.142. The Bertz CT molecular complexity index is 1410. The van der Waals surface area contributed by atoms with Gasteiger partial charge in [0.05, 0.1) is 25.2 Å². The van der Waals surface area contributed by atoms with Crippen LogP contribution in [-0.2, 0) is 37.3 Å². The zero-order valence-corrected chi connectivity index (χ0v) is 24.7. The quantitative estimate of drug-likeness (QED) is 0.323. The van der Waals surface area contributed by atoms with Crippen molar-refractivity contribution in [1.29, 1.82) is 0 Å². The molecule has 10 nitrogen and oxygen atoms in total. The van der Waals surface area contributed by atoms with Crippen LogP contribution in [0.25, 0.3) is 0 Å². The molecule has 1 saturated heterocycles. The van der Waals surface area contributed by atoms with Gasteiger partial charge in [-0.05, 0) is 54.4 Å². The van der Waals surface area contributed by atoms with Gasteiger partial charge in [-0.2, -0.15) is 4.31 Å². The number of hydrogen-bond acceptors (Lipinski definition) is 7. The van der Waals surface area contributed by atoms with Crippen LogP contribution in [0.5, 0.6) is 11.5 Å². The number of benzene rings is 3. The molecule has 1 aliphatic heterocycles. The van der Waals surface area contributed by atoms with E-state index in [0.29, 0.717) is 50.8 Å². The molecule has 11 heteroatoms. The molecule has 3 aromatic carbocycles. The monoisotopic (exact) mass is 595 g/mol. The van der Waals surface area contributed by atoms with Crippen LogP contribution in [0.15, 0.2) is 83.8 Å². The first kappa shape index (κ1) is 31.0. The van der Waals surface area contributed by atoms with E-state index in [-0.39, 0.29) is 29.9 Å². The Morgan fingerprint density at radius 3 is 2.19 bits per heavy atom. The summed E-state index contributed by atoms with van der Waals surface area (Å²) in [6.07, 6.45) is 0.322. The van der Waals surface area contributed by atoms with Gasteiger partial charge < -0.3 is 24.4 Å². The molecule has 42 heavy (non-hydrogen) atoms. The summed E-state index contributed by atoms with van der Waals surface area (Å²) < 4.78 is 43.6. The van der Waals surface area contributed by atoms with E-state index in [1.54, 1.807) is 19.2 Å². The third-order valence-corrected chi connectivity index (χ3v) is 8.84. The van der Waals surface area contributed by atoms with Crippen molar-refractivity contribution in [2.75, 3.05) is 46.6 Å². The van der Waals surface area contributed by atoms with Crippen LogP contribution in [0.2, 0.25) is 0 Å². The fraction of sp³-hybridized carbons (Fsp3) is 0.355. The average molecular weight is 596 g/mol. The second-order valence-electron chi connectivity index (χ2n) is 9.75. The van der Waals surface area contributed by atoms with Gasteiger partial charge in [0.15, 0.2) is 6.61 Å². The molecule has 1 heterocycles. The molecule has 4 rings (SSSR count). The first-order chi connectivity index (χ1) is 20.3. The van der Waals surface area contributed by atoms with Gasteiger partial charge in [-0.25, -0.2) is 8.42 Å². The third kappa shape index (κ3) is 8.09. The van der Waals surface area contributed by atoms with E-state index in [2.05, 4.69) is 5.32 Å². The van der Waals surface area contributed by atoms with Crippen molar-refractivity contribution in [1.82, 2.24) is 14.5 Å². The highest BCUT2D eigenvalue weighted by Crippen LogP contribution is 2.22. The Balaban J connectivity index is 1.53. The molecular weight excluding hydrogens is 558 g/mol. The molecule has 0 saturated carbocycles. The Kier molecular flexibility index (Phi) is 10.9. The average Bonchev–Trinajstić information content (AvgIpc) is 3.03. The van der Waals surface area contributed by atoms with E-state index in [4.69, 9.17) is 14.2 Å². The first-order valence-corrected chi connectivity index (χ1v) is 15.3. The van der Waals surface area contributed by atoms with Crippen molar-refractivity contribution in [2.24, 2.45) is 0 Å². The maximum absolute atomic E-state index is 13.7. The molecule has 1 aliphatic rings. The van der Waals surface area contributed by atoms with Crippen molar-refractivity contribution in [2.45, 2.75) is 30.8 Å². The molecule has 0 radical (unpaired) electrons. The lowest BCUT2D eigenvalue weighted by Gasteiger charge is -2.31. The topological polar surface area (TPSA) is 114 Å². The number of ether oxygens (including phenoxy) is 3. The van der Waals surface area contributed by atoms with Crippen molar-refractivity contribution >= 4 is 21.8 Å². The molecule has 3 aromatic rings. The molecular formula is C31H37N3O7S. The number of methoxy groups -OCH3 is 1. The Labute approximate surface area is 247 Å². The molecule has 0 bridgehead atoms. The highest BCUT2D eigenvalue weighted by molar-refractivity contribution is 7.89.